The Bertz CT molecular complexity index is 379. The van der Waals surface area contributed by atoms with E-state index in [1.807, 2.05) is 6.07 Å². The molecular weight excluding hydrogens is 242 g/mol. The topological polar surface area (TPSA) is 40.9 Å². The molecule has 14 heavy (non-hydrogen) atoms. The first-order chi connectivity index (χ1) is 6.65. The molecular formula is C11H10BrNO. The van der Waals surface area contributed by atoms with Crippen molar-refractivity contribution < 1.29 is 4.79 Å². The van der Waals surface area contributed by atoms with Crippen molar-refractivity contribution in [3.8, 4) is 6.07 Å². The predicted octanol–water partition coefficient (Wildman–Crippen LogP) is 2.72. The van der Waals surface area contributed by atoms with E-state index >= 15 is 0 Å². The molecule has 1 atom stereocenters. The molecule has 2 nitrogen and oxygen atoms in total. The molecule has 0 aromatic heterocycles. The van der Waals surface area contributed by atoms with Crippen LogP contribution in [-0.4, -0.2) is 10.6 Å². The van der Waals surface area contributed by atoms with E-state index in [9.17, 15) is 4.79 Å². The van der Waals surface area contributed by atoms with Crippen LogP contribution in [0.15, 0.2) is 24.3 Å². The zero-order valence-corrected chi connectivity index (χ0v) is 9.41. The van der Waals surface area contributed by atoms with Gasteiger partial charge in [-0.1, -0.05) is 34.1 Å². The molecule has 1 rings (SSSR count). The van der Waals surface area contributed by atoms with Crippen LogP contribution in [0.25, 0.3) is 0 Å². The van der Waals surface area contributed by atoms with Gasteiger partial charge >= 0.3 is 0 Å². The van der Waals surface area contributed by atoms with Crippen LogP contribution >= 0.6 is 15.9 Å². The maximum Gasteiger partial charge on any atom is 0.176 e. The molecule has 0 saturated heterocycles. The summed E-state index contributed by atoms with van der Waals surface area (Å²) in [4.78, 5) is 11.4. The highest BCUT2D eigenvalue weighted by atomic mass is 79.9. The fourth-order valence-corrected chi connectivity index (χ4v) is 1.42. The van der Waals surface area contributed by atoms with Gasteiger partial charge in [-0.15, -0.1) is 0 Å². The van der Waals surface area contributed by atoms with Gasteiger partial charge in [0.15, 0.2) is 5.78 Å². The number of nitriles is 1. The number of ketones is 1. The van der Waals surface area contributed by atoms with E-state index in [2.05, 4.69) is 22.0 Å². The summed E-state index contributed by atoms with van der Waals surface area (Å²) in [7, 11) is 0. The van der Waals surface area contributed by atoms with Crippen LogP contribution in [0, 0.1) is 11.3 Å². The third kappa shape index (κ3) is 2.68. The van der Waals surface area contributed by atoms with Gasteiger partial charge in [0.2, 0.25) is 0 Å². The standard InChI is InChI=1S/C11H10BrNO/c1-8(12)11(14)10-4-2-3-9(7-10)5-6-13/h2-4,7-8H,5H2,1H3. The Hall–Kier alpha value is -1.14. The van der Waals surface area contributed by atoms with Crippen molar-refractivity contribution in [3.05, 3.63) is 35.4 Å². The van der Waals surface area contributed by atoms with Crippen LogP contribution in [-0.2, 0) is 6.42 Å². The maximum absolute atomic E-state index is 11.6. The minimum Gasteiger partial charge on any atom is -0.293 e. The molecule has 0 N–H and O–H groups in total. The first-order valence-corrected chi connectivity index (χ1v) is 5.21. The molecule has 0 spiro atoms. The Morgan fingerprint density at radius 2 is 2.36 bits per heavy atom. The number of hydrogen-bond donors (Lipinski definition) is 0. The van der Waals surface area contributed by atoms with Gasteiger partial charge in [0, 0.05) is 5.56 Å². The van der Waals surface area contributed by atoms with Gasteiger partial charge in [0.25, 0.3) is 0 Å². The Labute approximate surface area is 91.7 Å². The molecule has 0 saturated carbocycles. The van der Waals surface area contributed by atoms with E-state index in [0.29, 0.717) is 12.0 Å². The first-order valence-electron chi connectivity index (χ1n) is 4.29. The number of benzene rings is 1. The van der Waals surface area contributed by atoms with Gasteiger partial charge in [0.1, 0.15) is 0 Å². The second-order valence-corrected chi connectivity index (χ2v) is 4.39. The molecule has 3 heteroatoms. The van der Waals surface area contributed by atoms with Crippen molar-refractivity contribution >= 4 is 21.7 Å². The highest BCUT2D eigenvalue weighted by Crippen LogP contribution is 2.12. The van der Waals surface area contributed by atoms with Crippen molar-refractivity contribution in [1.29, 1.82) is 5.26 Å². The number of rotatable bonds is 3. The van der Waals surface area contributed by atoms with Gasteiger partial charge in [-0.2, -0.15) is 5.26 Å². The van der Waals surface area contributed by atoms with E-state index in [1.165, 1.54) is 0 Å². The summed E-state index contributed by atoms with van der Waals surface area (Å²) in [6.45, 7) is 1.79. The van der Waals surface area contributed by atoms with Gasteiger partial charge in [-0.05, 0) is 18.6 Å². The lowest BCUT2D eigenvalue weighted by Crippen LogP contribution is -2.09. The largest absolute Gasteiger partial charge is 0.293 e. The second-order valence-electron chi connectivity index (χ2n) is 3.02. The average Bonchev–Trinajstić information content (AvgIpc) is 2.17. The van der Waals surface area contributed by atoms with Crippen LogP contribution in [0.2, 0.25) is 0 Å². The Kier molecular flexibility index (Phi) is 3.84. The van der Waals surface area contributed by atoms with Crippen LogP contribution < -0.4 is 0 Å². The summed E-state index contributed by atoms with van der Waals surface area (Å²) in [6, 6.07) is 9.24. The van der Waals surface area contributed by atoms with E-state index in [-0.39, 0.29) is 10.6 Å². The molecule has 0 aliphatic carbocycles. The lowest BCUT2D eigenvalue weighted by atomic mass is 10.0. The number of halogens is 1. The number of Topliss-reactive ketones (excluding diaryl/α,β-unsaturated/α-hetero) is 1. The summed E-state index contributed by atoms with van der Waals surface area (Å²) < 4.78 is 0. The molecule has 72 valence electrons. The van der Waals surface area contributed by atoms with Crippen LogP contribution in [0.1, 0.15) is 22.8 Å². The Morgan fingerprint density at radius 1 is 1.64 bits per heavy atom. The number of alkyl halides is 1. The van der Waals surface area contributed by atoms with Gasteiger partial charge in [-0.25, -0.2) is 0 Å². The van der Waals surface area contributed by atoms with E-state index in [1.54, 1.807) is 25.1 Å². The van der Waals surface area contributed by atoms with Gasteiger partial charge in [0.05, 0.1) is 17.3 Å². The van der Waals surface area contributed by atoms with Gasteiger partial charge < -0.3 is 0 Å². The summed E-state index contributed by atoms with van der Waals surface area (Å²) in [5, 5.41) is 8.51. The van der Waals surface area contributed by atoms with Crippen LogP contribution in [0.5, 0.6) is 0 Å². The Morgan fingerprint density at radius 3 is 2.93 bits per heavy atom. The van der Waals surface area contributed by atoms with E-state index in [0.717, 1.165) is 5.56 Å². The SMILES string of the molecule is CC(Br)C(=O)c1cccc(CC#N)c1. The minimum absolute atomic E-state index is 0.0461. The molecule has 0 heterocycles. The number of carbonyl (C=O) groups is 1. The molecule has 0 aliphatic heterocycles. The van der Waals surface area contributed by atoms with Crippen LogP contribution in [0.4, 0.5) is 0 Å². The van der Waals surface area contributed by atoms with Crippen LogP contribution in [0.3, 0.4) is 0 Å². The normalized spacial score (nSPS) is 11.8. The summed E-state index contributed by atoms with van der Waals surface area (Å²) in [5.41, 5.74) is 1.54. The molecule has 1 unspecified atom stereocenters. The van der Waals surface area contributed by atoms with E-state index in [4.69, 9.17) is 5.26 Å². The van der Waals surface area contributed by atoms with Crippen molar-refractivity contribution in [1.82, 2.24) is 0 Å². The zero-order chi connectivity index (χ0) is 10.6. The lowest BCUT2D eigenvalue weighted by molar-refractivity contribution is 0.0996. The predicted molar refractivity (Wildman–Crippen MR) is 58.5 cm³/mol. The fourth-order valence-electron chi connectivity index (χ4n) is 1.16. The highest BCUT2D eigenvalue weighted by Gasteiger charge is 2.11. The Balaban J connectivity index is 2.95. The number of nitrogens with zero attached hydrogens (tertiary/aromatic N) is 1. The molecule has 0 fully saturated rings. The first kappa shape index (κ1) is 10.9. The average molecular weight is 252 g/mol. The zero-order valence-electron chi connectivity index (χ0n) is 7.83. The van der Waals surface area contributed by atoms with Gasteiger partial charge in [-0.3, -0.25) is 4.79 Å². The maximum atomic E-state index is 11.6. The molecule has 1 aromatic carbocycles. The number of hydrogen-bond acceptors (Lipinski definition) is 2. The highest BCUT2D eigenvalue weighted by molar-refractivity contribution is 9.10. The molecule has 0 bridgehead atoms. The summed E-state index contributed by atoms with van der Waals surface area (Å²) in [5.74, 6) is 0.0461. The van der Waals surface area contributed by atoms with Crippen molar-refractivity contribution in [3.63, 3.8) is 0 Å². The fraction of sp³-hybridized carbons (Fsp3) is 0.273. The number of carbonyl (C=O) groups excluding carboxylic acids is 1. The second kappa shape index (κ2) is 4.92. The summed E-state index contributed by atoms with van der Waals surface area (Å²) in [6.07, 6.45) is 0.345. The van der Waals surface area contributed by atoms with Crippen molar-refractivity contribution in [2.24, 2.45) is 0 Å². The third-order valence-corrected chi connectivity index (χ3v) is 2.27. The molecule has 1 aromatic rings. The minimum atomic E-state index is -0.181. The van der Waals surface area contributed by atoms with Crippen molar-refractivity contribution in [2.45, 2.75) is 18.2 Å². The molecule has 0 aliphatic rings. The quantitative estimate of drug-likeness (QED) is 0.613. The third-order valence-electron chi connectivity index (χ3n) is 1.86. The lowest BCUT2D eigenvalue weighted by Gasteiger charge is -2.03. The molecule has 0 radical (unpaired) electrons. The van der Waals surface area contributed by atoms with Crippen molar-refractivity contribution in [2.75, 3.05) is 0 Å². The molecule has 0 amide bonds. The monoisotopic (exact) mass is 251 g/mol. The summed E-state index contributed by atoms with van der Waals surface area (Å²) >= 11 is 3.23. The smallest absolute Gasteiger partial charge is 0.176 e. The van der Waals surface area contributed by atoms with E-state index < -0.39 is 0 Å².